The number of pyridine rings is 1. The van der Waals surface area contributed by atoms with Gasteiger partial charge in [0.1, 0.15) is 0 Å². The van der Waals surface area contributed by atoms with Crippen molar-refractivity contribution in [3.8, 4) is 11.5 Å². The molecule has 0 bridgehead atoms. The third kappa shape index (κ3) is 6.07. The van der Waals surface area contributed by atoms with Crippen molar-refractivity contribution in [1.29, 1.82) is 0 Å². The normalized spacial score (nSPS) is 14.3. The molecule has 1 aliphatic heterocycles. The molecule has 1 N–H and O–H groups in total. The molecule has 1 fully saturated rings. The summed E-state index contributed by atoms with van der Waals surface area (Å²) in [6.07, 6.45) is 3.31. The molecule has 1 aromatic heterocycles. The van der Waals surface area contributed by atoms with E-state index >= 15 is 0 Å². The maximum absolute atomic E-state index is 13.0. The van der Waals surface area contributed by atoms with Crippen LogP contribution in [0, 0.1) is 0 Å². The molecule has 2 amide bonds. The van der Waals surface area contributed by atoms with Crippen molar-refractivity contribution in [2.45, 2.75) is 6.54 Å². The zero-order valence-electron chi connectivity index (χ0n) is 17.0. The maximum Gasteiger partial charge on any atom is 0.322 e. The van der Waals surface area contributed by atoms with Crippen molar-refractivity contribution < 1.29 is 19.0 Å². The second-order valence-electron chi connectivity index (χ2n) is 6.74. The SMILES string of the molecule is COc1ccc(CN(CCN2CCOCC2)C(=O)Nc2cccnc2)cc1OC. The highest BCUT2D eigenvalue weighted by Gasteiger charge is 2.18. The topological polar surface area (TPSA) is 76.2 Å². The van der Waals surface area contributed by atoms with Gasteiger partial charge in [-0.2, -0.15) is 0 Å². The van der Waals surface area contributed by atoms with E-state index in [2.05, 4.69) is 15.2 Å². The fourth-order valence-electron chi connectivity index (χ4n) is 3.18. The lowest BCUT2D eigenvalue weighted by Crippen LogP contribution is -2.44. The first-order valence-electron chi connectivity index (χ1n) is 9.66. The number of hydrogen-bond acceptors (Lipinski definition) is 6. The van der Waals surface area contributed by atoms with Crippen LogP contribution in [-0.4, -0.2) is 74.4 Å². The van der Waals surface area contributed by atoms with Gasteiger partial charge in [0.25, 0.3) is 0 Å². The summed E-state index contributed by atoms with van der Waals surface area (Å²) in [5.74, 6) is 1.31. The van der Waals surface area contributed by atoms with Gasteiger partial charge in [0.05, 0.1) is 39.3 Å². The van der Waals surface area contributed by atoms with Gasteiger partial charge >= 0.3 is 6.03 Å². The molecular formula is C21H28N4O4. The minimum Gasteiger partial charge on any atom is -0.493 e. The fraction of sp³-hybridized carbons (Fsp3) is 0.429. The summed E-state index contributed by atoms with van der Waals surface area (Å²) in [5, 5.41) is 2.93. The van der Waals surface area contributed by atoms with E-state index in [4.69, 9.17) is 14.2 Å². The number of rotatable bonds is 8. The quantitative estimate of drug-likeness (QED) is 0.734. The lowest BCUT2D eigenvalue weighted by Gasteiger charge is -2.30. The number of ether oxygens (including phenoxy) is 3. The van der Waals surface area contributed by atoms with Crippen molar-refractivity contribution in [1.82, 2.24) is 14.8 Å². The van der Waals surface area contributed by atoms with Crippen LogP contribution in [0.25, 0.3) is 0 Å². The highest BCUT2D eigenvalue weighted by molar-refractivity contribution is 5.89. The number of methoxy groups -OCH3 is 2. The molecule has 29 heavy (non-hydrogen) atoms. The molecule has 8 nitrogen and oxygen atoms in total. The molecule has 0 aliphatic carbocycles. The number of amides is 2. The van der Waals surface area contributed by atoms with E-state index in [1.54, 1.807) is 37.6 Å². The lowest BCUT2D eigenvalue weighted by molar-refractivity contribution is 0.0349. The highest BCUT2D eigenvalue weighted by Crippen LogP contribution is 2.28. The van der Waals surface area contributed by atoms with E-state index in [-0.39, 0.29) is 6.03 Å². The molecule has 2 aromatic rings. The Morgan fingerprint density at radius 3 is 2.69 bits per heavy atom. The lowest BCUT2D eigenvalue weighted by atomic mass is 10.2. The van der Waals surface area contributed by atoms with E-state index in [1.165, 1.54) is 0 Å². The Morgan fingerprint density at radius 2 is 2.00 bits per heavy atom. The van der Waals surface area contributed by atoms with Crippen molar-refractivity contribution >= 4 is 11.7 Å². The van der Waals surface area contributed by atoms with Crippen molar-refractivity contribution in [2.24, 2.45) is 0 Å². The molecule has 2 heterocycles. The number of aromatic nitrogens is 1. The number of morpholine rings is 1. The number of benzene rings is 1. The smallest absolute Gasteiger partial charge is 0.322 e. The molecule has 1 saturated heterocycles. The number of nitrogens with zero attached hydrogens (tertiary/aromatic N) is 3. The number of urea groups is 1. The molecule has 1 aliphatic rings. The largest absolute Gasteiger partial charge is 0.493 e. The van der Waals surface area contributed by atoms with Crippen LogP contribution in [0.5, 0.6) is 11.5 Å². The first kappa shape index (κ1) is 20.9. The monoisotopic (exact) mass is 400 g/mol. The number of anilines is 1. The van der Waals surface area contributed by atoms with Gasteiger partial charge in [-0.25, -0.2) is 4.79 Å². The zero-order chi connectivity index (χ0) is 20.5. The van der Waals surface area contributed by atoms with Crippen LogP contribution >= 0.6 is 0 Å². The highest BCUT2D eigenvalue weighted by atomic mass is 16.5. The average molecular weight is 400 g/mol. The van der Waals surface area contributed by atoms with Gasteiger partial charge in [-0.3, -0.25) is 9.88 Å². The Bertz CT molecular complexity index is 782. The third-order valence-corrected chi connectivity index (χ3v) is 4.81. The Morgan fingerprint density at radius 1 is 1.21 bits per heavy atom. The molecule has 0 unspecified atom stereocenters. The van der Waals surface area contributed by atoms with Crippen LogP contribution in [0.2, 0.25) is 0 Å². The van der Waals surface area contributed by atoms with Crippen LogP contribution in [0.15, 0.2) is 42.7 Å². The molecule has 0 spiro atoms. The molecule has 3 rings (SSSR count). The number of carbonyl (C=O) groups is 1. The van der Waals surface area contributed by atoms with Crippen molar-refractivity contribution in [3.05, 3.63) is 48.3 Å². The summed E-state index contributed by atoms with van der Waals surface area (Å²) in [6, 6.07) is 9.15. The number of nitrogens with one attached hydrogen (secondary N) is 1. The van der Waals surface area contributed by atoms with Crippen LogP contribution in [0.1, 0.15) is 5.56 Å². The van der Waals surface area contributed by atoms with Crippen molar-refractivity contribution in [3.63, 3.8) is 0 Å². The summed E-state index contributed by atoms with van der Waals surface area (Å²) in [4.78, 5) is 21.1. The third-order valence-electron chi connectivity index (χ3n) is 4.81. The van der Waals surface area contributed by atoms with Crippen LogP contribution in [0.4, 0.5) is 10.5 Å². The Labute approximate surface area is 171 Å². The Kier molecular flexibility index (Phi) is 7.66. The maximum atomic E-state index is 13.0. The van der Waals surface area contributed by atoms with Crippen molar-refractivity contribution in [2.75, 3.05) is 58.9 Å². The number of hydrogen-bond donors (Lipinski definition) is 1. The van der Waals surface area contributed by atoms with E-state index in [1.807, 2.05) is 24.3 Å². The van der Waals surface area contributed by atoms with E-state index < -0.39 is 0 Å². The Hall–Kier alpha value is -2.84. The van der Waals surface area contributed by atoms with Crippen LogP contribution in [-0.2, 0) is 11.3 Å². The summed E-state index contributed by atoms with van der Waals surface area (Å²) in [7, 11) is 3.21. The average Bonchev–Trinajstić information content (AvgIpc) is 2.77. The standard InChI is InChI=1S/C21H28N4O4/c1-27-19-6-5-17(14-20(19)28-2)16-25(9-8-24-10-12-29-13-11-24)21(26)23-18-4-3-7-22-15-18/h3-7,14-15H,8-13,16H2,1-2H3,(H,23,26). The first-order chi connectivity index (χ1) is 14.2. The molecule has 0 radical (unpaired) electrons. The van der Waals surface area contributed by atoms with Crippen LogP contribution in [0.3, 0.4) is 0 Å². The first-order valence-corrected chi connectivity index (χ1v) is 9.66. The van der Waals surface area contributed by atoms with Gasteiger partial charge < -0.3 is 24.4 Å². The van der Waals surface area contributed by atoms with E-state index in [0.717, 1.165) is 38.4 Å². The van der Waals surface area contributed by atoms with E-state index in [0.29, 0.717) is 30.3 Å². The second kappa shape index (κ2) is 10.6. The number of carbonyl (C=O) groups excluding carboxylic acids is 1. The van der Waals surface area contributed by atoms with E-state index in [9.17, 15) is 4.79 Å². The summed E-state index contributed by atoms with van der Waals surface area (Å²) in [5.41, 5.74) is 1.63. The molecule has 8 heteroatoms. The summed E-state index contributed by atoms with van der Waals surface area (Å²) >= 11 is 0. The van der Waals surface area contributed by atoms with Gasteiger partial charge in [0.15, 0.2) is 11.5 Å². The minimum atomic E-state index is -0.166. The van der Waals surface area contributed by atoms with Gasteiger partial charge in [-0.15, -0.1) is 0 Å². The van der Waals surface area contributed by atoms with Gasteiger partial charge in [0.2, 0.25) is 0 Å². The van der Waals surface area contributed by atoms with Gasteiger partial charge in [0, 0.05) is 38.9 Å². The summed E-state index contributed by atoms with van der Waals surface area (Å²) in [6.45, 7) is 5.08. The van der Waals surface area contributed by atoms with Crippen LogP contribution < -0.4 is 14.8 Å². The molecular weight excluding hydrogens is 372 g/mol. The fourth-order valence-corrected chi connectivity index (χ4v) is 3.18. The predicted molar refractivity (Wildman–Crippen MR) is 110 cm³/mol. The minimum absolute atomic E-state index is 0.166. The Balaban J connectivity index is 1.71. The van der Waals surface area contributed by atoms with Gasteiger partial charge in [-0.05, 0) is 29.8 Å². The zero-order valence-corrected chi connectivity index (χ0v) is 17.0. The van der Waals surface area contributed by atoms with Gasteiger partial charge in [-0.1, -0.05) is 6.07 Å². The predicted octanol–water partition coefficient (Wildman–Crippen LogP) is 2.47. The molecule has 1 aromatic carbocycles. The molecule has 156 valence electrons. The second-order valence-corrected chi connectivity index (χ2v) is 6.74. The summed E-state index contributed by atoms with van der Waals surface area (Å²) < 4.78 is 16.1. The molecule has 0 atom stereocenters. The molecule has 0 saturated carbocycles.